The summed E-state index contributed by atoms with van der Waals surface area (Å²) in [5.74, 6) is -0.751. The standard InChI is InChI=1S/C27H24Cl3NO6/c1-15-9-18(10-16(2)26(15)30)36-14-25(32)31-22(27(33)34)11-17-7-8-23(24(12-17)35-3)37-13-19-20(28)5-4-6-21(19)29/h4-12H,13-14H2,1-3H3,(H,31,32)(H,33,34)/b22-11+. The smallest absolute Gasteiger partial charge is 0.352 e. The van der Waals surface area contributed by atoms with Crippen molar-refractivity contribution in [1.29, 1.82) is 0 Å². The number of benzene rings is 3. The molecule has 0 saturated heterocycles. The number of hydrogen-bond acceptors (Lipinski definition) is 5. The normalized spacial score (nSPS) is 11.1. The van der Waals surface area contributed by atoms with E-state index in [9.17, 15) is 14.7 Å². The summed E-state index contributed by atoms with van der Waals surface area (Å²) >= 11 is 18.5. The Morgan fingerprint density at radius 1 is 0.946 bits per heavy atom. The van der Waals surface area contributed by atoms with Crippen LogP contribution in [0.4, 0.5) is 0 Å². The number of carbonyl (C=O) groups excluding carboxylic acids is 1. The predicted molar refractivity (Wildman–Crippen MR) is 144 cm³/mol. The Hall–Kier alpha value is -3.39. The Labute approximate surface area is 229 Å². The number of carboxylic acids is 1. The summed E-state index contributed by atoms with van der Waals surface area (Å²) in [5, 5.41) is 13.5. The second-order valence-electron chi connectivity index (χ2n) is 7.97. The summed E-state index contributed by atoms with van der Waals surface area (Å²) in [5.41, 5.74) is 2.36. The van der Waals surface area contributed by atoms with Gasteiger partial charge in [-0.15, -0.1) is 0 Å². The van der Waals surface area contributed by atoms with E-state index in [1.807, 2.05) is 13.8 Å². The Morgan fingerprint density at radius 2 is 1.59 bits per heavy atom. The van der Waals surface area contributed by atoms with E-state index in [1.54, 1.807) is 48.5 Å². The average molecular weight is 565 g/mol. The maximum Gasteiger partial charge on any atom is 0.352 e. The highest BCUT2D eigenvalue weighted by atomic mass is 35.5. The first kappa shape index (κ1) is 28.2. The van der Waals surface area contributed by atoms with Gasteiger partial charge in [0.2, 0.25) is 0 Å². The van der Waals surface area contributed by atoms with Crippen LogP contribution in [0, 0.1) is 13.8 Å². The molecule has 0 aliphatic heterocycles. The summed E-state index contributed by atoms with van der Waals surface area (Å²) in [6.45, 7) is 3.37. The van der Waals surface area contributed by atoms with Gasteiger partial charge >= 0.3 is 5.97 Å². The first-order chi connectivity index (χ1) is 17.6. The van der Waals surface area contributed by atoms with Gasteiger partial charge in [-0.05, 0) is 73.0 Å². The second kappa shape index (κ2) is 12.7. The number of nitrogens with one attached hydrogen (secondary N) is 1. The highest BCUT2D eigenvalue weighted by molar-refractivity contribution is 6.36. The van der Waals surface area contributed by atoms with Crippen molar-refractivity contribution in [1.82, 2.24) is 5.32 Å². The van der Waals surface area contributed by atoms with Crippen LogP contribution in [0.25, 0.3) is 6.08 Å². The molecule has 0 aromatic heterocycles. The molecule has 1 amide bonds. The maximum absolute atomic E-state index is 12.4. The van der Waals surface area contributed by atoms with E-state index >= 15 is 0 Å². The number of hydrogen-bond donors (Lipinski definition) is 2. The zero-order chi connectivity index (χ0) is 27.1. The molecule has 2 N–H and O–H groups in total. The molecule has 7 nitrogen and oxygen atoms in total. The third-order valence-corrected chi connectivity index (χ3v) is 6.52. The van der Waals surface area contributed by atoms with E-state index in [0.717, 1.165) is 11.1 Å². The van der Waals surface area contributed by atoms with Crippen molar-refractivity contribution in [2.45, 2.75) is 20.5 Å². The average Bonchev–Trinajstić information content (AvgIpc) is 2.85. The topological polar surface area (TPSA) is 94.1 Å². The zero-order valence-electron chi connectivity index (χ0n) is 20.2. The molecule has 0 fully saturated rings. The van der Waals surface area contributed by atoms with E-state index < -0.39 is 11.9 Å². The predicted octanol–water partition coefficient (Wildman–Crippen LogP) is 6.47. The van der Waals surface area contributed by atoms with Crippen LogP contribution in [0.15, 0.2) is 54.2 Å². The number of ether oxygens (including phenoxy) is 3. The summed E-state index contributed by atoms with van der Waals surface area (Å²) in [7, 11) is 1.45. The minimum atomic E-state index is -1.32. The minimum Gasteiger partial charge on any atom is -0.493 e. The second-order valence-corrected chi connectivity index (χ2v) is 9.16. The van der Waals surface area contributed by atoms with Crippen LogP contribution < -0.4 is 19.5 Å². The zero-order valence-corrected chi connectivity index (χ0v) is 22.5. The fraction of sp³-hybridized carbons (Fsp3) is 0.185. The molecule has 0 aliphatic rings. The van der Waals surface area contributed by atoms with Crippen molar-refractivity contribution in [2.24, 2.45) is 0 Å². The van der Waals surface area contributed by atoms with Crippen LogP contribution in [0.5, 0.6) is 17.2 Å². The van der Waals surface area contributed by atoms with Gasteiger partial charge in [-0.3, -0.25) is 4.79 Å². The summed E-state index contributed by atoms with van der Waals surface area (Å²) in [6.07, 6.45) is 1.30. The monoisotopic (exact) mass is 563 g/mol. The Kier molecular flexibility index (Phi) is 9.69. The molecule has 0 saturated carbocycles. The molecule has 0 spiro atoms. The van der Waals surface area contributed by atoms with Gasteiger partial charge in [-0.2, -0.15) is 0 Å². The number of rotatable bonds is 10. The van der Waals surface area contributed by atoms with Crippen molar-refractivity contribution in [2.75, 3.05) is 13.7 Å². The first-order valence-corrected chi connectivity index (χ1v) is 12.1. The lowest BCUT2D eigenvalue weighted by atomic mass is 10.1. The van der Waals surface area contributed by atoms with Crippen LogP contribution in [0.2, 0.25) is 15.1 Å². The van der Waals surface area contributed by atoms with Crippen LogP contribution in [0.3, 0.4) is 0 Å². The third kappa shape index (κ3) is 7.55. The minimum absolute atomic E-state index is 0.104. The van der Waals surface area contributed by atoms with E-state index in [1.165, 1.54) is 13.2 Å². The molecule has 0 aliphatic carbocycles. The van der Waals surface area contributed by atoms with Gasteiger partial charge in [0.05, 0.1) is 7.11 Å². The van der Waals surface area contributed by atoms with Crippen LogP contribution in [-0.4, -0.2) is 30.7 Å². The van der Waals surface area contributed by atoms with Crippen molar-refractivity contribution in [3.63, 3.8) is 0 Å². The van der Waals surface area contributed by atoms with Crippen molar-refractivity contribution in [3.05, 3.63) is 91.5 Å². The fourth-order valence-corrected chi connectivity index (χ4v) is 3.97. The summed E-state index contributed by atoms with van der Waals surface area (Å²) in [6, 6.07) is 13.4. The number of aryl methyl sites for hydroxylation is 2. The maximum atomic E-state index is 12.4. The van der Waals surface area contributed by atoms with Crippen molar-refractivity contribution in [3.8, 4) is 17.2 Å². The van der Waals surface area contributed by atoms with Crippen LogP contribution >= 0.6 is 34.8 Å². The van der Waals surface area contributed by atoms with Gasteiger partial charge < -0.3 is 24.6 Å². The summed E-state index contributed by atoms with van der Waals surface area (Å²) < 4.78 is 16.7. The van der Waals surface area contributed by atoms with Gasteiger partial charge in [0.15, 0.2) is 18.1 Å². The van der Waals surface area contributed by atoms with E-state index in [2.05, 4.69) is 5.32 Å². The Balaban J connectivity index is 1.70. The van der Waals surface area contributed by atoms with E-state index in [0.29, 0.717) is 43.4 Å². The molecule has 0 unspecified atom stereocenters. The highest BCUT2D eigenvalue weighted by Crippen LogP contribution is 2.32. The molecule has 0 heterocycles. The molecule has 0 atom stereocenters. The number of methoxy groups -OCH3 is 1. The lowest BCUT2D eigenvalue weighted by Gasteiger charge is -2.13. The van der Waals surface area contributed by atoms with Crippen LogP contribution in [-0.2, 0) is 16.2 Å². The number of aliphatic carboxylic acids is 1. The number of amides is 1. The quantitative estimate of drug-likeness (QED) is 0.274. The molecule has 3 aromatic carbocycles. The molecular formula is C27H24Cl3NO6. The van der Waals surface area contributed by atoms with Gasteiger partial charge in [0.1, 0.15) is 18.1 Å². The van der Waals surface area contributed by atoms with Crippen molar-refractivity contribution < 1.29 is 28.9 Å². The summed E-state index contributed by atoms with van der Waals surface area (Å²) in [4.78, 5) is 24.1. The highest BCUT2D eigenvalue weighted by Gasteiger charge is 2.15. The molecule has 0 bridgehead atoms. The first-order valence-electron chi connectivity index (χ1n) is 11.0. The lowest BCUT2D eigenvalue weighted by Crippen LogP contribution is -2.31. The van der Waals surface area contributed by atoms with Gasteiger partial charge in [0, 0.05) is 20.6 Å². The van der Waals surface area contributed by atoms with Gasteiger partial charge in [-0.1, -0.05) is 46.9 Å². The van der Waals surface area contributed by atoms with Crippen LogP contribution in [0.1, 0.15) is 22.3 Å². The molecule has 3 aromatic rings. The molecule has 194 valence electrons. The molecule has 3 rings (SSSR count). The van der Waals surface area contributed by atoms with Crippen molar-refractivity contribution >= 4 is 52.8 Å². The number of carbonyl (C=O) groups is 2. The fourth-order valence-electron chi connectivity index (χ4n) is 3.36. The van der Waals surface area contributed by atoms with Gasteiger partial charge in [0.25, 0.3) is 5.91 Å². The SMILES string of the molecule is COc1cc(/C=C(/NC(=O)COc2cc(C)c(Cl)c(C)c2)C(=O)O)ccc1OCc1c(Cl)cccc1Cl. The molecule has 10 heteroatoms. The van der Waals surface area contributed by atoms with E-state index in [4.69, 9.17) is 49.0 Å². The Morgan fingerprint density at radius 3 is 2.19 bits per heavy atom. The Bertz CT molecular complexity index is 1310. The number of carboxylic acid groups (broad SMARTS) is 1. The number of halogens is 3. The lowest BCUT2D eigenvalue weighted by molar-refractivity contribution is -0.134. The molecule has 37 heavy (non-hydrogen) atoms. The molecule has 0 radical (unpaired) electrons. The third-order valence-electron chi connectivity index (χ3n) is 5.22. The largest absolute Gasteiger partial charge is 0.493 e. The van der Waals surface area contributed by atoms with E-state index in [-0.39, 0.29) is 18.9 Å². The van der Waals surface area contributed by atoms with Gasteiger partial charge in [-0.25, -0.2) is 4.79 Å². The molecular weight excluding hydrogens is 541 g/mol.